The Balaban J connectivity index is 1.87. The number of carbonyl (C=O) groups excluding carboxylic acids is 1. The van der Waals surface area contributed by atoms with Crippen molar-refractivity contribution in [2.75, 3.05) is 11.9 Å². The number of hydrogen-bond acceptors (Lipinski definition) is 3. The third kappa shape index (κ3) is 3.85. The molecule has 2 N–H and O–H groups in total. The summed E-state index contributed by atoms with van der Waals surface area (Å²) in [6.45, 7) is 2.26. The van der Waals surface area contributed by atoms with Gasteiger partial charge in [0.2, 0.25) is 5.91 Å². The number of hydrogen-bond donors (Lipinski definition) is 2. The van der Waals surface area contributed by atoms with Crippen molar-refractivity contribution in [2.45, 2.75) is 13.5 Å². The van der Waals surface area contributed by atoms with Crippen molar-refractivity contribution in [1.82, 2.24) is 15.1 Å². The summed E-state index contributed by atoms with van der Waals surface area (Å²) in [5.41, 5.74) is 1.40. The smallest absolute Gasteiger partial charge is 0.238 e. The van der Waals surface area contributed by atoms with E-state index >= 15 is 0 Å². The van der Waals surface area contributed by atoms with Gasteiger partial charge in [0, 0.05) is 25.4 Å². The van der Waals surface area contributed by atoms with Crippen LogP contribution < -0.4 is 10.6 Å². The number of rotatable bonds is 5. The molecule has 2 rings (SSSR count). The highest BCUT2D eigenvalue weighted by Gasteiger charge is 2.11. The van der Waals surface area contributed by atoms with E-state index in [4.69, 9.17) is 0 Å². The summed E-state index contributed by atoms with van der Waals surface area (Å²) >= 11 is 0. The van der Waals surface area contributed by atoms with E-state index in [0.717, 1.165) is 23.4 Å². The SMILES string of the molecule is Cc1nn(C)cc1CNCC(=O)Nc1c(F)cccc1F. The van der Waals surface area contributed by atoms with Gasteiger partial charge >= 0.3 is 0 Å². The second-order valence-electron chi connectivity index (χ2n) is 4.66. The Hall–Kier alpha value is -2.28. The minimum atomic E-state index is -0.800. The number of nitrogens with one attached hydrogen (secondary N) is 2. The van der Waals surface area contributed by atoms with Crippen LogP contribution in [0.25, 0.3) is 0 Å². The van der Waals surface area contributed by atoms with Crippen molar-refractivity contribution in [2.24, 2.45) is 7.05 Å². The monoisotopic (exact) mass is 294 g/mol. The first kappa shape index (κ1) is 15.1. The van der Waals surface area contributed by atoms with Gasteiger partial charge in [-0.05, 0) is 19.1 Å². The molecule has 0 bridgehead atoms. The van der Waals surface area contributed by atoms with Crippen molar-refractivity contribution < 1.29 is 13.6 Å². The molecular weight excluding hydrogens is 278 g/mol. The molecule has 0 saturated carbocycles. The van der Waals surface area contributed by atoms with E-state index in [0.29, 0.717) is 6.54 Å². The molecule has 0 spiro atoms. The molecule has 0 radical (unpaired) electrons. The highest BCUT2D eigenvalue weighted by molar-refractivity contribution is 5.92. The number of anilines is 1. The fourth-order valence-corrected chi connectivity index (χ4v) is 1.93. The molecular formula is C14H16F2N4O. The Kier molecular flexibility index (Phi) is 4.64. The molecule has 1 aromatic heterocycles. The van der Waals surface area contributed by atoms with Crippen LogP contribution in [0.15, 0.2) is 24.4 Å². The first-order valence-corrected chi connectivity index (χ1v) is 6.41. The summed E-state index contributed by atoms with van der Waals surface area (Å²) in [7, 11) is 1.81. The molecule has 21 heavy (non-hydrogen) atoms. The third-order valence-corrected chi connectivity index (χ3v) is 2.94. The lowest BCUT2D eigenvalue weighted by Gasteiger charge is -2.08. The predicted octanol–water partition coefficient (Wildman–Crippen LogP) is 1.74. The van der Waals surface area contributed by atoms with Crippen molar-refractivity contribution in [1.29, 1.82) is 0 Å². The van der Waals surface area contributed by atoms with Gasteiger partial charge in [0.05, 0.1) is 12.2 Å². The van der Waals surface area contributed by atoms with Gasteiger partial charge in [-0.2, -0.15) is 5.10 Å². The molecule has 1 amide bonds. The Labute approximate surface area is 121 Å². The molecule has 0 fully saturated rings. The first-order valence-electron chi connectivity index (χ1n) is 6.41. The lowest BCUT2D eigenvalue weighted by molar-refractivity contribution is -0.115. The van der Waals surface area contributed by atoms with Crippen LogP contribution >= 0.6 is 0 Å². The minimum Gasteiger partial charge on any atom is -0.320 e. The molecule has 1 heterocycles. The third-order valence-electron chi connectivity index (χ3n) is 2.94. The summed E-state index contributed by atoms with van der Waals surface area (Å²) in [6.07, 6.45) is 1.84. The maximum Gasteiger partial charge on any atom is 0.238 e. The standard InChI is InChI=1S/C14H16F2N4O/c1-9-10(8-20(2)19-9)6-17-7-13(21)18-14-11(15)4-3-5-12(14)16/h3-5,8,17H,6-7H2,1-2H3,(H,18,21). The molecule has 1 aromatic carbocycles. The van der Waals surface area contributed by atoms with Crippen molar-refractivity contribution in [3.63, 3.8) is 0 Å². The number of carbonyl (C=O) groups is 1. The van der Waals surface area contributed by atoms with Gasteiger partial charge in [-0.3, -0.25) is 9.48 Å². The zero-order valence-electron chi connectivity index (χ0n) is 11.8. The quantitative estimate of drug-likeness (QED) is 0.883. The number of amides is 1. The topological polar surface area (TPSA) is 59.0 Å². The van der Waals surface area contributed by atoms with Crippen molar-refractivity contribution >= 4 is 11.6 Å². The van der Waals surface area contributed by atoms with Crippen LogP contribution in [0, 0.1) is 18.6 Å². The van der Waals surface area contributed by atoms with Crippen LogP contribution in [0.2, 0.25) is 0 Å². The van der Waals surface area contributed by atoms with Gasteiger partial charge < -0.3 is 10.6 Å². The highest BCUT2D eigenvalue weighted by atomic mass is 19.1. The van der Waals surface area contributed by atoms with Crippen molar-refractivity contribution in [3.8, 4) is 0 Å². The van der Waals surface area contributed by atoms with E-state index in [2.05, 4.69) is 15.7 Å². The number of para-hydroxylation sites is 1. The predicted molar refractivity (Wildman–Crippen MR) is 74.6 cm³/mol. The van der Waals surface area contributed by atoms with E-state index in [1.807, 2.05) is 20.2 Å². The van der Waals surface area contributed by atoms with Crippen LogP contribution in [0.1, 0.15) is 11.3 Å². The number of halogens is 2. The summed E-state index contributed by atoms with van der Waals surface area (Å²) in [6, 6.07) is 3.42. The number of aryl methyl sites for hydroxylation is 2. The average molecular weight is 294 g/mol. The summed E-state index contributed by atoms with van der Waals surface area (Å²) < 4.78 is 28.4. The Morgan fingerprint density at radius 1 is 1.33 bits per heavy atom. The largest absolute Gasteiger partial charge is 0.320 e. The molecule has 112 valence electrons. The molecule has 0 aliphatic rings. The van der Waals surface area contributed by atoms with Gasteiger partial charge in [0.15, 0.2) is 0 Å². The van der Waals surface area contributed by atoms with Crippen LogP contribution in [0.5, 0.6) is 0 Å². The molecule has 5 nitrogen and oxygen atoms in total. The van der Waals surface area contributed by atoms with Gasteiger partial charge in [-0.15, -0.1) is 0 Å². The average Bonchev–Trinajstić information content (AvgIpc) is 2.73. The Morgan fingerprint density at radius 2 is 2.00 bits per heavy atom. The van der Waals surface area contributed by atoms with Crippen LogP contribution in [0.3, 0.4) is 0 Å². The summed E-state index contributed by atoms with van der Waals surface area (Å²) in [5.74, 6) is -2.11. The van der Waals surface area contributed by atoms with Gasteiger partial charge in [0.1, 0.15) is 17.3 Å². The van der Waals surface area contributed by atoms with E-state index in [1.165, 1.54) is 6.07 Å². The molecule has 7 heteroatoms. The molecule has 0 saturated heterocycles. The summed E-state index contributed by atoms with van der Waals surface area (Å²) in [4.78, 5) is 11.7. The lowest BCUT2D eigenvalue weighted by atomic mass is 10.2. The molecule has 0 atom stereocenters. The molecule has 0 aliphatic carbocycles. The molecule has 2 aromatic rings. The number of benzene rings is 1. The van der Waals surface area contributed by atoms with Gasteiger partial charge in [0.25, 0.3) is 0 Å². The first-order chi connectivity index (χ1) is 9.97. The molecule has 0 aliphatic heterocycles. The van der Waals surface area contributed by atoms with E-state index in [-0.39, 0.29) is 6.54 Å². The second-order valence-corrected chi connectivity index (χ2v) is 4.66. The highest BCUT2D eigenvalue weighted by Crippen LogP contribution is 2.17. The van der Waals surface area contributed by atoms with Crippen LogP contribution in [0.4, 0.5) is 14.5 Å². The normalized spacial score (nSPS) is 10.7. The minimum absolute atomic E-state index is 0.0535. The molecule has 0 unspecified atom stereocenters. The van der Waals surface area contributed by atoms with Gasteiger partial charge in [-0.25, -0.2) is 8.78 Å². The van der Waals surface area contributed by atoms with Gasteiger partial charge in [-0.1, -0.05) is 6.07 Å². The lowest BCUT2D eigenvalue weighted by Crippen LogP contribution is -2.28. The number of nitrogens with zero attached hydrogens (tertiary/aromatic N) is 2. The maximum atomic E-state index is 13.4. The Bertz CT molecular complexity index is 634. The van der Waals surface area contributed by atoms with Crippen molar-refractivity contribution in [3.05, 3.63) is 47.3 Å². The van der Waals surface area contributed by atoms with Crippen LogP contribution in [-0.2, 0) is 18.4 Å². The van der Waals surface area contributed by atoms with E-state index in [1.54, 1.807) is 4.68 Å². The number of aromatic nitrogens is 2. The fourth-order valence-electron chi connectivity index (χ4n) is 1.93. The fraction of sp³-hybridized carbons (Fsp3) is 0.286. The van der Waals surface area contributed by atoms with E-state index < -0.39 is 23.2 Å². The summed E-state index contributed by atoms with van der Waals surface area (Å²) in [5, 5.41) is 9.29. The van der Waals surface area contributed by atoms with E-state index in [9.17, 15) is 13.6 Å². The maximum absolute atomic E-state index is 13.4. The van der Waals surface area contributed by atoms with Crippen LogP contribution in [-0.4, -0.2) is 22.2 Å². The zero-order chi connectivity index (χ0) is 15.4. The zero-order valence-corrected chi connectivity index (χ0v) is 11.8. The Morgan fingerprint density at radius 3 is 2.57 bits per heavy atom. The second kappa shape index (κ2) is 6.45.